The molecule has 0 bridgehead atoms. The third-order valence-corrected chi connectivity index (χ3v) is 6.25. The van der Waals surface area contributed by atoms with Gasteiger partial charge in [0.15, 0.2) is 5.13 Å². The maximum atomic E-state index is 13.2. The average molecular weight is 461 g/mol. The number of carbonyl (C=O) groups excluding carboxylic acids is 3. The summed E-state index contributed by atoms with van der Waals surface area (Å²) in [5.41, 5.74) is 1.38. The van der Waals surface area contributed by atoms with Gasteiger partial charge in [0.05, 0.1) is 17.3 Å². The van der Waals surface area contributed by atoms with Crippen LogP contribution in [-0.4, -0.2) is 34.4 Å². The minimum absolute atomic E-state index is 0.0388. The number of nitrogens with zero attached hydrogens (tertiary/aromatic N) is 2. The molecule has 1 aromatic heterocycles. The highest BCUT2D eigenvalue weighted by Gasteiger charge is 2.48. The first-order chi connectivity index (χ1) is 15.9. The van der Waals surface area contributed by atoms with Gasteiger partial charge in [-0.3, -0.25) is 14.5 Å². The molecule has 2 heterocycles. The number of hydrogen-bond acceptors (Lipinski definition) is 7. The number of hydrogen-bond donors (Lipinski definition) is 1. The minimum atomic E-state index is -0.908. The first-order valence-electron chi connectivity index (χ1n) is 10.1. The van der Waals surface area contributed by atoms with Gasteiger partial charge in [-0.25, -0.2) is 9.78 Å². The maximum Gasteiger partial charge on any atom is 0.350 e. The zero-order valence-electron chi connectivity index (χ0n) is 17.7. The molecule has 0 radical (unpaired) electrons. The summed E-state index contributed by atoms with van der Waals surface area (Å²) in [5, 5.41) is 11.2. The van der Waals surface area contributed by atoms with Crippen molar-refractivity contribution in [3.63, 3.8) is 0 Å². The molecule has 3 aromatic rings. The number of aliphatic hydroxyl groups excluding tert-OH is 1. The third kappa shape index (κ3) is 4.08. The van der Waals surface area contributed by atoms with Crippen LogP contribution in [0.3, 0.4) is 0 Å². The Morgan fingerprint density at radius 2 is 1.79 bits per heavy atom. The second-order valence-corrected chi connectivity index (χ2v) is 8.22. The molecule has 1 atom stereocenters. The molecule has 0 spiro atoms. The molecule has 1 fully saturated rings. The molecule has 1 N–H and O–H groups in total. The fraction of sp³-hybridized carbons (Fsp3) is 0.120. The lowest BCUT2D eigenvalue weighted by Crippen LogP contribution is -2.29. The number of ether oxygens (including phenoxy) is 1. The van der Waals surface area contributed by atoms with Gasteiger partial charge in [-0.05, 0) is 12.5 Å². The molecular weight excluding hydrogens is 440 g/mol. The molecule has 2 aromatic carbocycles. The predicted octanol–water partition coefficient (Wildman–Crippen LogP) is 4.42. The van der Waals surface area contributed by atoms with Gasteiger partial charge in [0.25, 0.3) is 5.78 Å². The van der Waals surface area contributed by atoms with Gasteiger partial charge in [-0.15, -0.1) is 0 Å². The van der Waals surface area contributed by atoms with E-state index in [9.17, 15) is 19.5 Å². The summed E-state index contributed by atoms with van der Waals surface area (Å²) in [4.78, 5) is 44.5. The Morgan fingerprint density at radius 1 is 1.15 bits per heavy atom. The van der Waals surface area contributed by atoms with Crippen molar-refractivity contribution in [2.24, 2.45) is 0 Å². The van der Waals surface area contributed by atoms with E-state index < -0.39 is 23.7 Å². The summed E-state index contributed by atoms with van der Waals surface area (Å²) in [6.45, 7) is 5.19. The zero-order chi connectivity index (χ0) is 23.5. The van der Waals surface area contributed by atoms with E-state index in [2.05, 4.69) is 11.6 Å². The SMILES string of the molecule is C=CCOC(=O)c1sc(N2C(=O)C(=O)/C(=C(/O)c3ccccc3)C2c2ccccc2)nc1C. The van der Waals surface area contributed by atoms with Crippen molar-refractivity contribution < 1.29 is 24.2 Å². The van der Waals surface area contributed by atoms with Crippen LogP contribution in [0.1, 0.15) is 32.5 Å². The molecule has 1 aliphatic rings. The fourth-order valence-electron chi connectivity index (χ4n) is 3.61. The topological polar surface area (TPSA) is 96.8 Å². The Balaban J connectivity index is 1.86. The van der Waals surface area contributed by atoms with Crippen molar-refractivity contribution in [1.82, 2.24) is 4.98 Å². The summed E-state index contributed by atoms with van der Waals surface area (Å²) < 4.78 is 5.10. The molecule has 0 saturated carbocycles. The smallest absolute Gasteiger partial charge is 0.350 e. The number of anilines is 1. The summed E-state index contributed by atoms with van der Waals surface area (Å²) in [6, 6.07) is 16.6. The number of carbonyl (C=O) groups is 3. The number of aryl methyl sites for hydroxylation is 1. The fourth-order valence-corrected chi connectivity index (χ4v) is 4.59. The molecule has 166 valence electrons. The van der Waals surface area contributed by atoms with Crippen LogP contribution in [0.2, 0.25) is 0 Å². The number of Topliss-reactive ketones (excluding diaryl/α,β-unsaturated/α-hetero) is 1. The van der Waals surface area contributed by atoms with Crippen molar-refractivity contribution in [2.45, 2.75) is 13.0 Å². The number of thiazole rings is 1. The second kappa shape index (κ2) is 9.22. The van der Waals surface area contributed by atoms with Gasteiger partial charge in [-0.2, -0.15) is 0 Å². The van der Waals surface area contributed by atoms with E-state index in [0.29, 0.717) is 16.8 Å². The molecule has 0 aliphatic carbocycles. The standard InChI is InChI=1S/C25H20N2O5S/c1-3-14-32-24(31)22-15(2)26-25(33-22)27-19(16-10-6-4-7-11-16)18(21(29)23(27)30)20(28)17-12-8-5-9-13-17/h3-13,19,28H,1,14H2,2H3/b20-18+. The molecule has 1 amide bonds. The van der Waals surface area contributed by atoms with Gasteiger partial charge in [0.2, 0.25) is 0 Å². The Morgan fingerprint density at radius 3 is 2.42 bits per heavy atom. The zero-order valence-corrected chi connectivity index (χ0v) is 18.5. The van der Waals surface area contributed by atoms with Crippen LogP contribution >= 0.6 is 11.3 Å². The van der Waals surface area contributed by atoms with Crippen LogP contribution in [0, 0.1) is 6.92 Å². The van der Waals surface area contributed by atoms with Crippen LogP contribution in [0.5, 0.6) is 0 Å². The third-order valence-electron chi connectivity index (χ3n) is 5.12. The monoisotopic (exact) mass is 460 g/mol. The second-order valence-electron chi connectivity index (χ2n) is 7.24. The Labute approximate surface area is 194 Å². The lowest BCUT2D eigenvalue weighted by molar-refractivity contribution is -0.132. The summed E-state index contributed by atoms with van der Waals surface area (Å²) in [5.74, 6) is -2.52. The van der Waals surface area contributed by atoms with E-state index in [-0.39, 0.29) is 27.9 Å². The van der Waals surface area contributed by atoms with Gasteiger partial charge in [-0.1, -0.05) is 84.7 Å². The van der Waals surface area contributed by atoms with Crippen LogP contribution in [0.15, 0.2) is 78.9 Å². The molecular formula is C25H20N2O5S. The number of aliphatic hydroxyl groups is 1. The van der Waals surface area contributed by atoms with Gasteiger partial charge < -0.3 is 9.84 Å². The Hall–Kier alpha value is -4.04. The van der Waals surface area contributed by atoms with Gasteiger partial charge in [0, 0.05) is 5.56 Å². The Kier molecular flexibility index (Phi) is 6.19. The summed E-state index contributed by atoms with van der Waals surface area (Å²) in [6.07, 6.45) is 1.45. The van der Waals surface area contributed by atoms with E-state index in [1.807, 2.05) is 6.07 Å². The number of aromatic nitrogens is 1. The summed E-state index contributed by atoms with van der Waals surface area (Å²) >= 11 is 0.958. The maximum absolute atomic E-state index is 13.2. The first kappa shape index (κ1) is 22.2. The molecule has 4 rings (SSSR count). The number of amides is 1. The van der Waals surface area contributed by atoms with Crippen LogP contribution in [0.4, 0.5) is 5.13 Å². The van der Waals surface area contributed by atoms with E-state index in [1.54, 1.807) is 61.5 Å². The summed E-state index contributed by atoms with van der Waals surface area (Å²) in [7, 11) is 0. The van der Waals surface area contributed by atoms with Crippen molar-refractivity contribution in [3.8, 4) is 0 Å². The van der Waals surface area contributed by atoms with Crippen LogP contribution < -0.4 is 4.90 Å². The van der Waals surface area contributed by atoms with E-state index >= 15 is 0 Å². The molecule has 8 heteroatoms. The quantitative estimate of drug-likeness (QED) is 0.192. The number of rotatable bonds is 6. The lowest BCUT2D eigenvalue weighted by atomic mass is 9.95. The minimum Gasteiger partial charge on any atom is -0.507 e. The van der Waals surface area contributed by atoms with Crippen LogP contribution in [0.25, 0.3) is 5.76 Å². The molecule has 1 saturated heterocycles. The molecule has 33 heavy (non-hydrogen) atoms. The van der Waals surface area contributed by atoms with Gasteiger partial charge in [0.1, 0.15) is 17.2 Å². The van der Waals surface area contributed by atoms with Crippen molar-refractivity contribution in [1.29, 1.82) is 0 Å². The largest absolute Gasteiger partial charge is 0.507 e. The molecule has 1 aliphatic heterocycles. The average Bonchev–Trinajstić information content (AvgIpc) is 3.35. The number of esters is 1. The highest BCUT2D eigenvalue weighted by atomic mass is 32.1. The molecule has 1 unspecified atom stereocenters. The highest BCUT2D eigenvalue weighted by Crippen LogP contribution is 2.43. The van der Waals surface area contributed by atoms with E-state index in [4.69, 9.17) is 4.74 Å². The lowest BCUT2D eigenvalue weighted by Gasteiger charge is -2.22. The van der Waals surface area contributed by atoms with Gasteiger partial charge >= 0.3 is 11.9 Å². The van der Waals surface area contributed by atoms with E-state index in [0.717, 1.165) is 11.3 Å². The highest BCUT2D eigenvalue weighted by molar-refractivity contribution is 7.17. The van der Waals surface area contributed by atoms with E-state index in [1.165, 1.54) is 11.0 Å². The van der Waals surface area contributed by atoms with Crippen molar-refractivity contribution >= 4 is 39.9 Å². The van der Waals surface area contributed by atoms with Crippen molar-refractivity contribution in [2.75, 3.05) is 11.5 Å². The number of ketones is 1. The predicted molar refractivity (Wildman–Crippen MR) is 125 cm³/mol. The first-order valence-corrected chi connectivity index (χ1v) is 10.9. The normalized spacial score (nSPS) is 17.2. The molecule has 7 nitrogen and oxygen atoms in total. The van der Waals surface area contributed by atoms with Crippen LogP contribution in [-0.2, 0) is 14.3 Å². The van der Waals surface area contributed by atoms with Crippen molar-refractivity contribution in [3.05, 3.63) is 101 Å². The Bertz CT molecular complexity index is 1260. The number of benzene rings is 2.